The molecule has 6 rings (SSSR count). The van der Waals surface area contributed by atoms with Gasteiger partial charge in [-0.2, -0.15) is 0 Å². The zero-order valence-electron chi connectivity index (χ0n) is 33.8. The second kappa shape index (κ2) is 24.0. The molecule has 2 heterocycles. The van der Waals surface area contributed by atoms with Gasteiger partial charge in [-0.15, -0.1) is 0 Å². The quantitative estimate of drug-likeness (QED) is 0.164. The SMILES string of the molecule is COCC(O)COC.COCC1CO1.COCC1CO1.Cc1cc(C)cc(-c2cc(C)cc(C)c2)c1.Cc1cc(C)cc(-c2cc(C)cc(C)c2)c1. The lowest BCUT2D eigenvalue weighted by atomic mass is 9.98. The molecular weight excluding hydrogens is 652 g/mol. The first-order valence-electron chi connectivity index (χ1n) is 18.0. The molecule has 286 valence electrons. The minimum absolute atomic E-state index is 0.341. The van der Waals surface area contributed by atoms with Crippen LogP contribution in [-0.2, 0) is 28.4 Å². The summed E-state index contributed by atoms with van der Waals surface area (Å²) in [5.74, 6) is 0. The Morgan fingerprint density at radius 3 is 0.788 bits per heavy atom. The Bertz CT molecular complexity index is 1310. The minimum Gasteiger partial charge on any atom is -0.388 e. The van der Waals surface area contributed by atoms with E-state index >= 15 is 0 Å². The van der Waals surface area contributed by atoms with Crippen LogP contribution in [0.2, 0.25) is 0 Å². The number of methoxy groups -OCH3 is 4. The van der Waals surface area contributed by atoms with Crippen LogP contribution in [0.25, 0.3) is 22.3 Å². The van der Waals surface area contributed by atoms with Gasteiger partial charge in [0, 0.05) is 28.4 Å². The normalized spacial score (nSPS) is 15.1. The van der Waals surface area contributed by atoms with Crippen LogP contribution < -0.4 is 0 Å². The Morgan fingerprint density at radius 1 is 0.442 bits per heavy atom. The first kappa shape index (κ1) is 44.8. The molecule has 4 aromatic carbocycles. The van der Waals surface area contributed by atoms with Gasteiger partial charge in [0.05, 0.1) is 39.6 Å². The summed E-state index contributed by atoms with van der Waals surface area (Å²) in [6.45, 7) is 21.2. The summed E-state index contributed by atoms with van der Waals surface area (Å²) in [5, 5.41) is 8.80. The fraction of sp³-hybridized carbons (Fsp3) is 0.467. The van der Waals surface area contributed by atoms with Gasteiger partial charge in [-0.25, -0.2) is 0 Å². The number of aryl methyl sites for hydroxylation is 8. The van der Waals surface area contributed by atoms with Crippen molar-refractivity contribution in [2.45, 2.75) is 73.7 Å². The summed E-state index contributed by atoms with van der Waals surface area (Å²) >= 11 is 0. The van der Waals surface area contributed by atoms with Crippen molar-refractivity contribution in [2.75, 3.05) is 68.1 Å². The van der Waals surface area contributed by atoms with Crippen LogP contribution in [0.3, 0.4) is 0 Å². The number of rotatable bonds is 10. The van der Waals surface area contributed by atoms with Crippen LogP contribution in [0.1, 0.15) is 44.5 Å². The maximum Gasteiger partial charge on any atom is 0.104 e. The Labute approximate surface area is 314 Å². The van der Waals surface area contributed by atoms with E-state index < -0.39 is 6.10 Å². The van der Waals surface area contributed by atoms with Crippen molar-refractivity contribution in [3.63, 3.8) is 0 Å². The summed E-state index contributed by atoms with van der Waals surface area (Å²) in [6, 6.07) is 26.9. The van der Waals surface area contributed by atoms with Gasteiger partial charge in [-0.1, -0.05) is 117 Å². The van der Waals surface area contributed by atoms with Crippen molar-refractivity contribution in [3.05, 3.63) is 117 Å². The Hall–Kier alpha value is -3.40. The molecule has 7 nitrogen and oxygen atoms in total. The van der Waals surface area contributed by atoms with E-state index in [1.54, 1.807) is 28.4 Å². The molecule has 52 heavy (non-hydrogen) atoms. The Morgan fingerprint density at radius 2 is 0.654 bits per heavy atom. The molecule has 0 radical (unpaired) electrons. The van der Waals surface area contributed by atoms with Gasteiger partial charge < -0.3 is 33.5 Å². The van der Waals surface area contributed by atoms with Gasteiger partial charge in [0.15, 0.2) is 0 Å². The topological polar surface area (TPSA) is 82.2 Å². The smallest absolute Gasteiger partial charge is 0.104 e. The number of epoxide rings is 2. The van der Waals surface area contributed by atoms with Gasteiger partial charge >= 0.3 is 0 Å². The summed E-state index contributed by atoms with van der Waals surface area (Å²) in [7, 11) is 6.45. The highest BCUT2D eigenvalue weighted by molar-refractivity contribution is 5.67. The molecule has 0 bridgehead atoms. The summed E-state index contributed by atoms with van der Waals surface area (Å²) in [5.41, 5.74) is 15.9. The monoisotopic (exact) mass is 716 g/mol. The predicted octanol–water partition coefficient (Wildman–Crippen LogP) is 8.88. The van der Waals surface area contributed by atoms with Crippen LogP contribution in [-0.4, -0.2) is 91.5 Å². The van der Waals surface area contributed by atoms with Crippen LogP contribution >= 0.6 is 0 Å². The largest absolute Gasteiger partial charge is 0.388 e. The number of aliphatic hydroxyl groups is 1. The minimum atomic E-state index is -0.481. The first-order valence-corrected chi connectivity index (χ1v) is 18.0. The third kappa shape index (κ3) is 19.4. The number of hydrogen-bond donors (Lipinski definition) is 1. The number of ether oxygens (including phenoxy) is 6. The summed E-state index contributed by atoms with van der Waals surface area (Å²) < 4.78 is 28.4. The molecule has 4 aromatic rings. The molecule has 2 saturated heterocycles. The second-order valence-electron chi connectivity index (χ2n) is 13.9. The zero-order valence-corrected chi connectivity index (χ0v) is 33.8. The van der Waals surface area contributed by atoms with Gasteiger partial charge in [-0.3, -0.25) is 0 Å². The molecule has 7 heteroatoms. The lowest BCUT2D eigenvalue weighted by Gasteiger charge is -2.07. The van der Waals surface area contributed by atoms with Crippen LogP contribution in [0.5, 0.6) is 0 Å². The van der Waals surface area contributed by atoms with E-state index in [0.29, 0.717) is 25.4 Å². The van der Waals surface area contributed by atoms with E-state index in [4.69, 9.17) is 24.1 Å². The Balaban J connectivity index is 0.000000241. The molecule has 0 aliphatic carbocycles. The van der Waals surface area contributed by atoms with Crippen molar-refractivity contribution in [1.82, 2.24) is 0 Å². The predicted molar refractivity (Wildman–Crippen MR) is 215 cm³/mol. The van der Waals surface area contributed by atoms with E-state index in [1.807, 2.05) is 0 Å². The van der Waals surface area contributed by atoms with Crippen molar-refractivity contribution in [1.29, 1.82) is 0 Å². The third-order valence-electron chi connectivity index (χ3n) is 7.78. The van der Waals surface area contributed by atoms with Crippen LogP contribution in [0, 0.1) is 55.4 Å². The average Bonchev–Trinajstić information content (AvgIpc) is 3.99. The van der Waals surface area contributed by atoms with Crippen LogP contribution in [0.4, 0.5) is 0 Å². The van der Waals surface area contributed by atoms with Crippen molar-refractivity contribution in [2.24, 2.45) is 0 Å². The maximum atomic E-state index is 8.80. The lowest BCUT2D eigenvalue weighted by Crippen LogP contribution is -2.19. The highest BCUT2D eigenvalue weighted by Crippen LogP contribution is 2.25. The van der Waals surface area contributed by atoms with E-state index in [0.717, 1.165) is 26.4 Å². The number of aliphatic hydroxyl groups excluding tert-OH is 1. The second-order valence-corrected chi connectivity index (χ2v) is 13.9. The lowest BCUT2D eigenvalue weighted by molar-refractivity contribution is 0.00980. The molecule has 0 saturated carbocycles. The van der Waals surface area contributed by atoms with Gasteiger partial charge in [0.1, 0.15) is 18.3 Å². The summed E-state index contributed by atoms with van der Waals surface area (Å²) in [4.78, 5) is 0. The summed E-state index contributed by atoms with van der Waals surface area (Å²) in [6.07, 6.45) is 0.370. The van der Waals surface area contributed by atoms with E-state index in [9.17, 15) is 0 Å². The molecule has 2 aliphatic heterocycles. The maximum absolute atomic E-state index is 8.80. The zero-order chi connectivity index (χ0) is 38.6. The van der Waals surface area contributed by atoms with Crippen molar-refractivity contribution in [3.8, 4) is 22.3 Å². The van der Waals surface area contributed by atoms with E-state index in [2.05, 4.69) is 138 Å². The molecule has 0 aromatic heterocycles. The highest BCUT2D eigenvalue weighted by atomic mass is 16.6. The van der Waals surface area contributed by atoms with Crippen LogP contribution in [0.15, 0.2) is 72.8 Å². The fourth-order valence-electron chi connectivity index (χ4n) is 5.70. The number of hydrogen-bond acceptors (Lipinski definition) is 7. The van der Waals surface area contributed by atoms with Crippen molar-refractivity contribution >= 4 is 0 Å². The molecule has 2 aliphatic rings. The molecule has 2 fully saturated rings. The molecule has 0 spiro atoms. The highest BCUT2D eigenvalue weighted by Gasteiger charge is 2.21. The molecule has 0 amide bonds. The van der Waals surface area contributed by atoms with E-state index in [-0.39, 0.29) is 0 Å². The average molecular weight is 717 g/mol. The van der Waals surface area contributed by atoms with Gasteiger partial charge in [0.25, 0.3) is 0 Å². The molecule has 1 N–H and O–H groups in total. The van der Waals surface area contributed by atoms with E-state index in [1.165, 1.54) is 66.8 Å². The fourth-order valence-corrected chi connectivity index (χ4v) is 5.70. The Kier molecular flexibility index (Phi) is 20.7. The molecular formula is C45H64O7. The first-order chi connectivity index (χ1) is 24.8. The van der Waals surface area contributed by atoms with Gasteiger partial charge in [-0.05, 0) is 77.6 Å². The van der Waals surface area contributed by atoms with Gasteiger partial charge in [0.2, 0.25) is 0 Å². The standard InChI is InChI=1S/2C16H18.C5H12O3.2C4H8O2/c2*1-11-5-12(2)8-15(7-11)16-9-13(3)6-14(4)10-16;1-7-3-5(6)4-8-2;2*1-5-2-4-3-6-4/h2*5-10H,1-4H3;5-6H,3-4H2,1-2H3;2*4H,2-3H2,1H3. The molecule has 2 unspecified atom stereocenters. The van der Waals surface area contributed by atoms with Crippen molar-refractivity contribution < 1.29 is 33.5 Å². The number of benzene rings is 4. The molecule has 2 atom stereocenters. The third-order valence-corrected chi connectivity index (χ3v) is 7.78.